The van der Waals surface area contributed by atoms with Gasteiger partial charge in [0.1, 0.15) is 11.6 Å². The van der Waals surface area contributed by atoms with Crippen molar-refractivity contribution in [3.05, 3.63) is 94.8 Å². The van der Waals surface area contributed by atoms with Gasteiger partial charge in [0.25, 0.3) is 5.91 Å². The highest BCUT2D eigenvalue weighted by Crippen LogP contribution is 2.21. The fraction of sp³-hybridized carbons (Fsp3) is 0.0909. The van der Waals surface area contributed by atoms with Crippen molar-refractivity contribution in [2.75, 3.05) is 6.54 Å². The first-order valence-electron chi connectivity index (χ1n) is 9.36. The number of benzene rings is 3. The molecule has 3 aromatic carbocycles. The monoisotopic (exact) mass is 475 g/mol. The minimum atomic E-state index is -4.16. The van der Waals surface area contributed by atoms with Crippen LogP contribution in [-0.4, -0.2) is 36.5 Å². The minimum Gasteiger partial charge on any atom is -0.507 e. The van der Waals surface area contributed by atoms with Gasteiger partial charge in [0.15, 0.2) is 0 Å². The molecule has 0 heterocycles. The molecule has 0 spiro atoms. The second kappa shape index (κ2) is 10.4. The summed E-state index contributed by atoms with van der Waals surface area (Å²) in [5, 5.41) is 13.8. The Hall–Kier alpha value is -3.27. The van der Waals surface area contributed by atoms with Gasteiger partial charge in [0, 0.05) is 22.7 Å². The van der Waals surface area contributed by atoms with Crippen molar-refractivity contribution in [1.29, 1.82) is 0 Å². The van der Waals surface area contributed by atoms with Crippen molar-refractivity contribution in [2.24, 2.45) is 5.10 Å². The fourth-order valence-corrected chi connectivity index (χ4v) is 4.26. The van der Waals surface area contributed by atoms with E-state index in [1.165, 1.54) is 54.7 Å². The molecule has 0 aliphatic carbocycles. The van der Waals surface area contributed by atoms with Crippen molar-refractivity contribution in [2.45, 2.75) is 11.4 Å². The Kier molecular flexibility index (Phi) is 7.57. The van der Waals surface area contributed by atoms with Crippen LogP contribution in [0.2, 0.25) is 5.02 Å². The van der Waals surface area contributed by atoms with E-state index in [1.54, 1.807) is 24.3 Å². The normalized spacial score (nSPS) is 11.7. The molecule has 0 fully saturated rings. The summed E-state index contributed by atoms with van der Waals surface area (Å²) in [6.07, 6.45) is 1.22. The third kappa shape index (κ3) is 5.91. The number of para-hydroxylation sites is 1. The summed E-state index contributed by atoms with van der Waals surface area (Å²) < 4.78 is 41.3. The second-order valence-electron chi connectivity index (χ2n) is 6.67. The molecule has 0 atom stereocenters. The number of rotatable bonds is 8. The van der Waals surface area contributed by atoms with E-state index in [4.69, 9.17) is 11.6 Å². The third-order valence-electron chi connectivity index (χ3n) is 4.41. The van der Waals surface area contributed by atoms with E-state index in [0.717, 1.165) is 4.31 Å². The quantitative estimate of drug-likeness (QED) is 0.384. The molecule has 0 bridgehead atoms. The van der Waals surface area contributed by atoms with Gasteiger partial charge in [-0.2, -0.15) is 9.41 Å². The van der Waals surface area contributed by atoms with Gasteiger partial charge in [-0.15, -0.1) is 0 Å². The van der Waals surface area contributed by atoms with Crippen LogP contribution in [0.1, 0.15) is 11.1 Å². The van der Waals surface area contributed by atoms with Crippen LogP contribution in [0.4, 0.5) is 4.39 Å². The number of nitrogens with zero attached hydrogens (tertiary/aromatic N) is 2. The molecule has 0 aliphatic rings. The predicted molar refractivity (Wildman–Crippen MR) is 119 cm³/mol. The number of halogens is 2. The molecular weight excluding hydrogens is 457 g/mol. The molecule has 0 radical (unpaired) electrons. The first-order chi connectivity index (χ1) is 15.3. The molecule has 166 valence electrons. The van der Waals surface area contributed by atoms with E-state index < -0.39 is 28.3 Å². The van der Waals surface area contributed by atoms with Crippen LogP contribution in [0.5, 0.6) is 5.75 Å². The van der Waals surface area contributed by atoms with E-state index in [1.807, 2.05) is 0 Å². The SMILES string of the molecule is O=C(CN(Cc1ccccc1F)S(=O)(=O)c1ccc(Cl)cc1)N/N=C/c1ccccc1O. The van der Waals surface area contributed by atoms with E-state index in [0.29, 0.717) is 10.6 Å². The summed E-state index contributed by atoms with van der Waals surface area (Å²) in [6, 6.07) is 17.5. The van der Waals surface area contributed by atoms with Gasteiger partial charge in [-0.05, 0) is 42.5 Å². The lowest BCUT2D eigenvalue weighted by Gasteiger charge is -2.21. The molecule has 32 heavy (non-hydrogen) atoms. The van der Waals surface area contributed by atoms with E-state index >= 15 is 0 Å². The van der Waals surface area contributed by atoms with Crippen LogP contribution in [0.3, 0.4) is 0 Å². The molecule has 0 saturated carbocycles. The van der Waals surface area contributed by atoms with Gasteiger partial charge in [-0.1, -0.05) is 41.9 Å². The van der Waals surface area contributed by atoms with Crippen LogP contribution in [0.25, 0.3) is 0 Å². The van der Waals surface area contributed by atoms with Crippen LogP contribution < -0.4 is 5.43 Å². The Balaban J connectivity index is 1.82. The van der Waals surface area contributed by atoms with Crippen molar-refractivity contribution in [3.63, 3.8) is 0 Å². The molecular formula is C22H19ClFN3O4S. The highest BCUT2D eigenvalue weighted by Gasteiger charge is 2.27. The maximum atomic E-state index is 14.2. The van der Waals surface area contributed by atoms with Crippen molar-refractivity contribution in [3.8, 4) is 5.75 Å². The number of carbonyl (C=O) groups is 1. The van der Waals surface area contributed by atoms with E-state index in [2.05, 4.69) is 10.5 Å². The Bertz CT molecular complexity index is 1230. The Morgan fingerprint density at radius 3 is 2.41 bits per heavy atom. The smallest absolute Gasteiger partial charge is 0.255 e. The number of carbonyl (C=O) groups excluding carboxylic acids is 1. The van der Waals surface area contributed by atoms with Gasteiger partial charge in [0.05, 0.1) is 17.7 Å². The number of hydrazone groups is 1. The molecule has 0 aromatic heterocycles. The Morgan fingerprint density at radius 2 is 1.72 bits per heavy atom. The first kappa shape index (κ1) is 23.4. The maximum absolute atomic E-state index is 14.2. The van der Waals surface area contributed by atoms with Gasteiger partial charge in [-0.3, -0.25) is 4.79 Å². The van der Waals surface area contributed by atoms with Gasteiger partial charge in [0.2, 0.25) is 10.0 Å². The van der Waals surface area contributed by atoms with Gasteiger partial charge >= 0.3 is 0 Å². The molecule has 1 amide bonds. The second-order valence-corrected chi connectivity index (χ2v) is 9.04. The zero-order valence-electron chi connectivity index (χ0n) is 16.7. The molecule has 0 unspecified atom stereocenters. The lowest BCUT2D eigenvalue weighted by atomic mass is 10.2. The fourth-order valence-electron chi connectivity index (χ4n) is 2.76. The van der Waals surface area contributed by atoms with Gasteiger partial charge in [-0.25, -0.2) is 18.2 Å². The van der Waals surface area contributed by atoms with Crippen LogP contribution in [-0.2, 0) is 21.4 Å². The minimum absolute atomic E-state index is 0.0306. The molecule has 3 rings (SSSR count). The summed E-state index contributed by atoms with van der Waals surface area (Å²) in [6.45, 7) is -0.981. The third-order valence-corrected chi connectivity index (χ3v) is 6.46. The largest absolute Gasteiger partial charge is 0.507 e. The molecule has 3 aromatic rings. The summed E-state index contributed by atoms with van der Waals surface area (Å²) in [4.78, 5) is 12.3. The average molecular weight is 476 g/mol. The first-order valence-corrected chi connectivity index (χ1v) is 11.2. The van der Waals surface area contributed by atoms with E-state index in [-0.39, 0.29) is 22.8 Å². The summed E-state index contributed by atoms with van der Waals surface area (Å²) in [5.74, 6) is -1.37. The number of phenolic OH excluding ortho intramolecular Hbond substituents is 1. The molecule has 0 aliphatic heterocycles. The molecule has 10 heteroatoms. The van der Waals surface area contributed by atoms with Crippen molar-refractivity contribution >= 4 is 33.7 Å². The van der Waals surface area contributed by atoms with E-state index in [9.17, 15) is 22.7 Å². The Morgan fingerprint density at radius 1 is 1.06 bits per heavy atom. The number of hydrogen-bond donors (Lipinski definition) is 2. The molecule has 7 nitrogen and oxygen atoms in total. The zero-order valence-corrected chi connectivity index (χ0v) is 18.2. The van der Waals surface area contributed by atoms with Crippen molar-refractivity contribution < 1.29 is 22.7 Å². The number of sulfonamides is 1. The summed E-state index contributed by atoms with van der Waals surface area (Å²) in [7, 11) is -4.16. The number of aromatic hydroxyl groups is 1. The number of nitrogens with one attached hydrogen (secondary N) is 1. The predicted octanol–water partition coefficient (Wildman–Crippen LogP) is 3.53. The molecule has 2 N–H and O–H groups in total. The summed E-state index contributed by atoms with van der Waals surface area (Å²) >= 11 is 5.84. The standard InChI is InChI=1S/C22H19ClFN3O4S/c23-18-9-11-19(12-10-18)32(30,31)27(14-17-6-1-3-7-20(17)24)15-22(29)26-25-13-16-5-2-4-8-21(16)28/h1-13,28H,14-15H2,(H,26,29)/b25-13+. The highest BCUT2D eigenvalue weighted by molar-refractivity contribution is 7.89. The number of hydrogen-bond acceptors (Lipinski definition) is 5. The van der Waals surface area contributed by atoms with Gasteiger partial charge < -0.3 is 5.11 Å². The summed E-state index contributed by atoms with van der Waals surface area (Å²) in [5.41, 5.74) is 2.69. The van der Waals surface area contributed by atoms with Crippen LogP contribution in [0.15, 0.2) is 82.8 Å². The van der Waals surface area contributed by atoms with Crippen LogP contribution in [0, 0.1) is 5.82 Å². The zero-order chi connectivity index (χ0) is 23.1. The van der Waals surface area contributed by atoms with Crippen LogP contribution >= 0.6 is 11.6 Å². The molecule has 0 saturated heterocycles. The lowest BCUT2D eigenvalue weighted by Crippen LogP contribution is -2.39. The lowest BCUT2D eigenvalue weighted by molar-refractivity contribution is -0.121. The number of amides is 1. The number of phenols is 1. The topological polar surface area (TPSA) is 99.1 Å². The Labute approximate surface area is 189 Å². The average Bonchev–Trinajstić information content (AvgIpc) is 2.76. The van der Waals surface area contributed by atoms with Crippen molar-refractivity contribution in [1.82, 2.24) is 9.73 Å². The highest BCUT2D eigenvalue weighted by atomic mass is 35.5. The maximum Gasteiger partial charge on any atom is 0.255 e.